The van der Waals surface area contributed by atoms with Crippen molar-refractivity contribution in [1.29, 1.82) is 0 Å². The van der Waals surface area contributed by atoms with Gasteiger partial charge in [0.25, 0.3) is 11.8 Å². The standard InChI is InChI=1S/C22H22N4O4S/c1-17-15-24(21(27)18-5-3-2-4-6-18)13-14-26(17)31(29,30)20-9-7-19(8-10-20)22(28)25-12-11-23-16-25/h2-12,16-17H,13-15H2,1H3. The fourth-order valence-corrected chi connectivity index (χ4v) is 5.29. The molecule has 31 heavy (non-hydrogen) atoms. The average Bonchev–Trinajstić information content (AvgIpc) is 3.33. The van der Waals surface area contributed by atoms with Gasteiger partial charge >= 0.3 is 0 Å². The highest BCUT2D eigenvalue weighted by molar-refractivity contribution is 7.89. The van der Waals surface area contributed by atoms with E-state index in [1.807, 2.05) is 6.07 Å². The third-order valence-corrected chi connectivity index (χ3v) is 7.35. The molecule has 1 aliphatic rings. The largest absolute Gasteiger partial charge is 0.336 e. The van der Waals surface area contributed by atoms with Gasteiger partial charge in [0, 0.05) is 49.2 Å². The molecule has 0 bridgehead atoms. The van der Waals surface area contributed by atoms with Crippen molar-refractivity contribution >= 4 is 21.8 Å². The molecular formula is C22H22N4O4S. The zero-order chi connectivity index (χ0) is 22.0. The van der Waals surface area contributed by atoms with Crippen molar-refractivity contribution in [2.75, 3.05) is 19.6 Å². The van der Waals surface area contributed by atoms with Crippen molar-refractivity contribution in [3.63, 3.8) is 0 Å². The van der Waals surface area contributed by atoms with Crippen LogP contribution in [0.1, 0.15) is 27.6 Å². The first-order valence-electron chi connectivity index (χ1n) is 9.87. The molecule has 1 atom stereocenters. The molecule has 1 aliphatic heterocycles. The van der Waals surface area contributed by atoms with Crippen molar-refractivity contribution in [2.45, 2.75) is 17.9 Å². The fraction of sp³-hybridized carbons (Fsp3) is 0.227. The Kier molecular flexibility index (Phi) is 5.71. The second-order valence-corrected chi connectivity index (χ2v) is 9.27. The van der Waals surface area contributed by atoms with Gasteiger partial charge in [0.2, 0.25) is 10.0 Å². The molecule has 0 N–H and O–H groups in total. The maximum atomic E-state index is 13.2. The number of hydrogen-bond acceptors (Lipinski definition) is 5. The molecule has 1 saturated heterocycles. The van der Waals surface area contributed by atoms with Crippen LogP contribution in [0.15, 0.2) is 78.2 Å². The second kappa shape index (κ2) is 8.44. The van der Waals surface area contributed by atoms with Crippen LogP contribution in [0.5, 0.6) is 0 Å². The fourth-order valence-electron chi connectivity index (χ4n) is 3.68. The summed E-state index contributed by atoms with van der Waals surface area (Å²) in [6.07, 6.45) is 4.43. The van der Waals surface area contributed by atoms with Crippen molar-refractivity contribution in [3.8, 4) is 0 Å². The van der Waals surface area contributed by atoms with E-state index in [1.165, 1.54) is 51.9 Å². The van der Waals surface area contributed by atoms with Crippen LogP contribution in [0.4, 0.5) is 0 Å². The summed E-state index contributed by atoms with van der Waals surface area (Å²) in [5.41, 5.74) is 0.951. The van der Waals surface area contributed by atoms with E-state index in [-0.39, 0.29) is 29.3 Å². The van der Waals surface area contributed by atoms with E-state index in [2.05, 4.69) is 4.98 Å². The number of hydrogen-bond donors (Lipinski definition) is 0. The summed E-state index contributed by atoms with van der Waals surface area (Å²) < 4.78 is 29.1. The Morgan fingerprint density at radius 1 is 0.935 bits per heavy atom. The van der Waals surface area contributed by atoms with Crippen LogP contribution in [0.3, 0.4) is 0 Å². The van der Waals surface area contributed by atoms with Gasteiger partial charge in [-0.2, -0.15) is 4.31 Å². The SMILES string of the molecule is CC1CN(C(=O)c2ccccc2)CCN1S(=O)(=O)c1ccc(C(=O)n2ccnc2)cc1. The van der Waals surface area contributed by atoms with E-state index in [0.717, 1.165) is 0 Å². The minimum absolute atomic E-state index is 0.105. The van der Waals surface area contributed by atoms with Crippen molar-refractivity contribution < 1.29 is 18.0 Å². The zero-order valence-electron chi connectivity index (χ0n) is 17.0. The number of nitrogens with zero attached hydrogens (tertiary/aromatic N) is 4. The van der Waals surface area contributed by atoms with Crippen molar-refractivity contribution in [1.82, 2.24) is 18.8 Å². The number of aromatic nitrogens is 2. The van der Waals surface area contributed by atoms with Gasteiger partial charge in [-0.15, -0.1) is 0 Å². The highest BCUT2D eigenvalue weighted by atomic mass is 32.2. The molecular weight excluding hydrogens is 416 g/mol. The number of rotatable bonds is 4. The second-order valence-electron chi connectivity index (χ2n) is 7.38. The smallest absolute Gasteiger partial charge is 0.263 e. The molecule has 0 spiro atoms. The number of piperazine rings is 1. The predicted molar refractivity (Wildman–Crippen MR) is 114 cm³/mol. The van der Waals surface area contributed by atoms with Gasteiger partial charge in [0.15, 0.2) is 0 Å². The number of imidazole rings is 1. The molecule has 1 unspecified atom stereocenters. The third kappa shape index (κ3) is 4.14. The molecule has 8 nitrogen and oxygen atoms in total. The highest BCUT2D eigenvalue weighted by Gasteiger charge is 2.35. The van der Waals surface area contributed by atoms with E-state index in [4.69, 9.17) is 0 Å². The number of sulfonamides is 1. The lowest BCUT2D eigenvalue weighted by Gasteiger charge is -2.39. The first-order valence-corrected chi connectivity index (χ1v) is 11.3. The molecule has 2 heterocycles. The topological polar surface area (TPSA) is 92.6 Å². The predicted octanol–water partition coefficient (Wildman–Crippen LogP) is 2.11. The number of benzene rings is 2. The van der Waals surface area contributed by atoms with Crippen molar-refractivity contribution in [2.24, 2.45) is 0 Å². The minimum Gasteiger partial charge on any atom is -0.336 e. The normalized spacial score (nSPS) is 17.5. The molecule has 2 aromatic carbocycles. The van der Waals surface area contributed by atoms with Gasteiger partial charge in [0.1, 0.15) is 6.33 Å². The highest BCUT2D eigenvalue weighted by Crippen LogP contribution is 2.23. The van der Waals surface area contributed by atoms with Gasteiger partial charge in [0.05, 0.1) is 4.90 Å². The van der Waals surface area contributed by atoms with Gasteiger partial charge in [-0.05, 0) is 43.3 Å². The summed E-state index contributed by atoms with van der Waals surface area (Å²) in [5.74, 6) is -0.394. The van der Waals surface area contributed by atoms with Gasteiger partial charge in [-0.25, -0.2) is 13.4 Å². The van der Waals surface area contributed by atoms with Gasteiger partial charge < -0.3 is 4.90 Å². The summed E-state index contributed by atoms with van der Waals surface area (Å²) in [4.78, 5) is 30.7. The van der Waals surface area contributed by atoms with E-state index in [1.54, 1.807) is 36.1 Å². The van der Waals surface area contributed by atoms with Crippen LogP contribution < -0.4 is 0 Å². The summed E-state index contributed by atoms with van der Waals surface area (Å²) in [5, 5.41) is 0. The first-order chi connectivity index (χ1) is 14.9. The van der Waals surface area contributed by atoms with E-state index < -0.39 is 10.0 Å². The van der Waals surface area contributed by atoms with Crippen LogP contribution in [0, 0.1) is 0 Å². The monoisotopic (exact) mass is 438 g/mol. The van der Waals surface area contributed by atoms with Crippen LogP contribution in [-0.2, 0) is 10.0 Å². The van der Waals surface area contributed by atoms with Gasteiger partial charge in [-0.3, -0.25) is 14.2 Å². The van der Waals surface area contributed by atoms with Crippen LogP contribution >= 0.6 is 0 Å². The Labute approximate surface area is 180 Å². The molecule has 4 rings (SSSR count). The molecule has 3 aromatic rings. The van der Waals surface area contributed by atoms with Crippen LogP contribution in [-0.4, -0.2) is 64.7 Å². The van der Waals surface area contributed by atoms with Gasteiger partial charge in [-0.1, -0.05) is 18.2 Å². The number of amides is 1. The van der Waals surface area contributed by atoms with Crippen molar-refractivity contribution in [3.05, 3.63) is 84.4 Å². The Bertz CT molecular complexity index is 1180. The summed E-state index contributed by atoms with van der Waals surface area (Å²) in [6, 6.07) is 14.4. The molecule has 0 radical (unpaired) electrons. The lowest BCUT2D eigenvalue weighted by atomic mass is 10.1. The van der Waals surface area contributed by atoms with Crippen LogP contribution in [0.2, 0.25) is 0 Å². The Morgan fingerprint density at radius 2 is 1.61 bits per heavy atom. The molecule has 1 amide bonds. The molecule has 160 valence electrons. The Balaban J connectivity index is 1.48. The molecule has 1 aromatic heterocycles. The average molecular weight is 439 g/mol. The lowest BCUT2D eigenvalue weighted by Crippen LogP contribution is -2.55. The Morgan fingerprint density at radius 3 is 2.23 bits per heavy atom. The summed E-state index contributed by atoms with van der Waals surface area (Å²) >= 11 is 0. The van der Waals surface area contributed by atoms with E-state index in [9.17, 15) is 18.0 Å². The molecule has 0 saturated carbocycles. The van der Waals surface area contributed by atoms with E-state index in [0.29, 0.717) is 24.2 Å². The molecule has 0 aliphatic carbocycles. The quantitative estimate of drug-likeness (QED) is 0.622. The van der Waals surface area contributed by atoms with Crippen LogP contribution in [0.25, 0.3) is 0 Å². The maximum Gasteiger partial charge on any atom is 0.263 e. The molecule has 9 heteroatoms. The lowest BCUT2D eigenvalue weighted by molar-refractivity contribution is 0.0642. The van der Waals surface area contributed by atoms with E-state index >= 15 is 0 Å². The maximum absolute atomic E-state index is 13.2. The zero-order valence-corrected chi connectivity index (χ0v) is 17.8. The summed E-state index contributed by atoms with van der Waals surface area (Å²) in [6.45, 7) is 2.62. The molecule has 1 fully saturated rings. The third-order valence-electron chi connectivity index (χ3n) is 5.32. The summed E-state index contributed by atoms with van der Waals surface area (Å²) in [7, 11) is -3.76. The Hall–Kier alpha value is -3.30. The minimum atomic E-state index is -3.76. The first kappa shape index (κ1) is 21.0. The number of carbonyl (C=O) groups excluding carboxylic acids is 2. The number of carbonyl (C=O) groups is 2.